The fourth-order valence-electron chi connectivity index (χ4n) is 2.26. The molecule has 12 N–H and O–H groups in total. The Morgan fingerprint density at radius 2 is 1.19 bits per heavy atom. The van der Waals surface area contributed by atoms with Gasteiger partial charge in [0.25, 0.3) is 0 Å². The van der Waals surface area contributed by atoms with E-state index in [2.05, 4.69) is 0 Å². The number of hydrogen-bond donors (Lipinski definition) is 9. The van der Waals surface area contributed by atoms with Crippen LogP contribution in [0.1, 0.15) is 25.7 Å². The van der Waals surface area contributed by atoms with E-state index in [9.17, 15) is 38.7 Å². The topological polar surface area (TPSA) is 294 Å². The highest BCUT2D eigenvalue weighted by atomic mass is 16.4. The van der Waals surface area contributed by atoms with Crippen LogP contribution in [-0.2, 0) is 33.6 Å². The fourth-order valence-corrected chi connectivity index (χ4v) is 2.26. The Morgan fingerprint density at radius 1 is 0.719 bits per heavy atom. The van der Waals surface area contributed by atoms with Gasteiger partial charge in [-0.15, -0.1) is 0 Å². The average molecular weight is 462 g/mol. The number of primary amides is 2. The summed E-state index contributed by atoms with van der Waals surface area (Å²) >= 11 is 0. The molecule has 4 atom stereocenters. The molecule has 0 saturated heterocycles. The number of carbonyl (C=O) groups excluding carboxylic acids is 5. The van der Waals surface area contributed by atoms with Crippen LogP contribution in [0.2, 0.25) is 0 Å². The summed E-state index contributed by atoms with van der Waals surface area (Å²) in [5.41, 5.74) is 15.4. The van der Waals surface area contributed by atoms with Crippen LogP contribution in [0.4, 0.5) is 0 Å². The van der Waals surface area contributed by atoms with Crippen molar-refractivity contribution in [1.82, 2.24) is 16.0 Å². The first-order valence-electron chi connectivity index (χ1n) is 9.07. The molecule has 0 aromatic carbocycles. The van der Waals surface area contributed by atoms with E-state index < -0.39 is 97.9 Å². The second-order valence-electron chi connectivity index (χ2n) is 6.58. The number of amides is 5. The van der Waals surface area contributed by atoms with Gasteiger partial charge < -0.3 is 48.5 Å². The maximum atomic E-state index is 12.4. The van der Waals surface area contributed by atoms with Crippen LogP contribution in [0.3, 0.4) is 0 Å². The predicted octanol–water partition coefficient (Wildman–Crippen LogP) is -5.54. The molecule has 0 rings (SSSR count). The molecule has 0 aliphatic carbocycles. The van der Waals surface area contributed by atoms with Crippen LogP contribution in [0.5, 0.6) is 0 Å². The van der Waals surface area contributed by atoms with Gasteiger partial charge in [-0.2, -0.15) is 0 Å². The highest BCUT2D eigenvalue weighted by molar-refractivity contribution is 5.96. The Kier molecular flexibility index (Phi) is 11.9. The standard InChI is InChI=1S/C16H26N6O10/c17-6(3-10(18)24)13(28)22-9(5-23)15(30)21-8(4-11(19)25)14(29)20-7(16(31)32)1-2-12(26)27/h6-9,23H,1-5,17H2,(H2,18,24)(H2,19,25)(H,20,29)(H,21,30)(H,22,28)(H,26,27)(H,31,32). The lowest BCUT2D eigenvalue weighted by Crippen LogP contribution is -2.58. The number of carboxylic acid groups (broad SMARTS) is 2. The van der Waals surface area contributed by atoms with Crippen molar-refractivity contribution >= 4 is 41.5 Å². The number of rotatable bonds is 15. The van der Waals surface area contributed by atoms with Crippen LogP contribution in [0.15, 0.2) is 0 Å². The molecule has 4 unspecified atom stereocenters. The number of aliphatic hydroxyl groups excluding tert-OH is 1. The predicted molar refractivity (Wildman–Crippen MR) is 103 cm³/mol. The molecule has 16 heteroatoms. The number of nitrogens with two attached hydrogens (primary N) is 3. The Balaban J connectivity index is 5.30. The number of aliphatic hydroxyl groups is 1. The van der Waals surface area contributed by atoms with Crippen LogP contribution in [0.25, 0.3) is 0 Å². The zero-order valence-corrected chi connectivity index (χ0v) is 16.8. The molecular formula is C16H26N6O10. The molecule has 0 heterocycles. The smallest absolute Gasteiger partial charge is 0.326 e. The zero-order valence-electron chi connectivity index (χ0n) is 16.8. The number of nitrogens with one attached hydrogen (secondary N) is 3. The normalized spacial score (nSPS) is 14.2. The zero-order chi connectivity index (χ0) is 25.0. The van der Waals surface area contributed by atoms with Gasteiger partial charge in [-0.3, -0.25) is 28.8 Å². The second kappa shape index (κ2) is 13.5. The molecule has 0 aromatic rings. The molecule has 0 radical (unpaired) electrons. The van der Waals surface area contributed by atoms with Crippen molar-refractivity contribution in [3.8, 4) is 0 Å². The van der Waals surface area contributed by atoms with Gasteiger partial charge in [0.15, 0.2) is 0 Å². The third kappa shape index (κ3) is 10.8. The summed E-state index contributed by atoms with van der Waals surface area (Å²) in [5, 5.41) is 33.1. The third-order valence-corrected chi connectivity index (χ3v) is 3.87. The lowest BCUT2D eigenvalue weighted by molar-refractivity contribution is -0.143. The maximum Gasteiger partial charge on any atom is 0.326 e. The quantitative estimate of drug-likeness (QED) is 0.110. The van der Waals surface area contributed by atoms with Gasteiger partial charge in [-0.1, -0.05) is 0 Å². The van der Waals surface area contributed by atoms with Gasteiger partial charge >= 0.3 is 11.9 Å². The summed E-state index contributed by atoms with van der Waals surface area (Å²) in [5.74, 6) is -8.19. The van der Waals surface area contributed by atoms with E-state index in [1.165, 1.54) is 0 Å². The number of aliphatic carboxylic acids is 2. The Hall–Kier alpha value is -3.79. The van der Waals surface area contributed by atoms with Crippen LogP contribution in [0, 0.1) is 0 Å². The van der Waals surface area contributed by atoms with Crippen molar-refractivity contribution in [2.75, 3.05) is 6.61 Å². The van der Waals surface area contributed by atoms with E-state index in [-0.39, 0.29) is 0 Å². The van der Waals surface area contributed by atoms with Crippen molar-refractivity contribution in [3.63, 3.8) is 0 Å². The van der Waals surface area contributed by atoms with Crippen LogP contribution < -0.4 is 33.2 Å². The molecule has 16 nitrogen and oxygen atoms in total. The van der Waals surface area contributed by atoms with E-state index in [4.69, 9.17) is 27.4 Å². The minimum absolute atomic E-state index is 0.485. The monoisotopic (exact) mass is 462 g/mol. The molecule has 0 aliphatic rings. The fraction of sp³-hybridized carbons (Fsp3) is 0.562. The van der Waals surface area contributed by atoms with Crippen molar-refractivity contribution in [2.24, 2.45) is 17.2 Å². The van der Waals surface area contributed by atoms with Crippen LogP contribution in [-0.4, -0.2) is 87.6 Å². The van der Waals surface area contributed by atoms with Gasteiger partial charge in [0.05, 0.1) is 25.5 Å². The van der Waals surface area contributed by atoms with E-state index >= 15 is 0 Å². The number of hydrogen-bond acceptors (Lipinski definition) is 9. The summed E-state index contributed by atoms with van der Waals surface area (Å²) in [6, 6.07) is -6.44. The minimum atomic E-state index is -1.71. The third-order valence-electron chi connectivity index (χ3n) is 3.87. The van der Waals surface area contributed by atoms with Gasteiger partial charge in [0.1, 0.15) is 18.1 Å². The molecule has 0 bridgehead atoms. The number of carbonyl (C=O) groups is 7. The summed E-state index contributed by atoms with van der Waals surface area (Å²) in [7, 11) is 0. The van der Waals surface area contributed by atoms with Crippen molar-refractivity contribution in [2.45, 2.75) is 49.9 Å². The maximum absolute atomic E-state index is 12.4. The molecule has 5 amide bonds. The first-order valence-corrected chi connectivity index (χ1v) is 9.07. The molecule has 0 aromatic heterocycles. The summed E-state index contributed by atoms with van der Waals surface area (Å²) in [6.07, 6.45) is -2.41. The highest BCUT2D eigenvalue weighted by Crippen LogP contribution is 2.02. The van der Waals surface area contributed by atoms with E-state index in [0.717, 1.165) is 0 Å². The molecule has 0 fully saturated rings. The summed E-state index contributed by atoms with van der Waals surface area (Å²) in [4.78, 5) is 80.5. The Morgan fingerprint density at radius 3 is 1.62 bits per heavy atom. The van der Waals surface area contributed by atoms with E-state index in [1.807, 2.05) is 16.0 Å². The van der Waals surface area contributed by atoms with Gasteiger partial charge in [0, 0.05) is 6.42 Å². The van der Waals surface area contributed by atoms with Gasteiger partial charge in [-0.25, -0.2) is 4.79 Å². The average Bonchev–Trinajstić information content (AvgIpc) is 2.66. The molecular weight excluding hydrogens is 436 g/mol. The number of carboxylic acids is 2. The summed E-state index contributed by atoms with van der Waals surface area (Å²) < 4.78 is 0. The molecule has 0 spiro atoms. The molecule has 180 valence electrons. The largest absolute Gasteiger partial charge is 0.481 e. The Labute approximate surface area is 180 Å². The van der Waals surface area contributed by atoms with Crippen LogP contribution >= 0.6 is 0 Å². The Bertz CT molecular complexity index is 758. The lowest BCUT2D eigenvalue weighted by atomic mass is 10.1. The van der Waals surface area contributed by atoms with Gasteiger partial charge in [-0.05, 0) is 6.42 Å². The van der Waals surface area contributed by atoms with E-state index in [1.54, 1.807) is 0 Å². The lowest BCUT2D eigenvalue weighted by Gasteiger charge is -2.23. The molecule has 0 aliphatic heterocycles. The van der Waals surface area contributed by atoms with Gasteiger partial charge in [0.2, 0.25) is 29.5 Å². The first-order chi connectivity index (χ1) is 14.8. The second-order valence-corrected chi connectivity index (χ2v) is 6.58. The van der Waals surface area contributed by atoms with Crippen molar-refractivity contribution < 1.29 is 48.9 Å². The van der Waals surface area contributed by atoms with E-state index in [0.29, 0.717) is 0 Å². The SMILES string of the molecule is NC(=O)CC(N)C(=O)NC(CO)C(=O)NC(CC(N)=O)C(=O)NC(CCC(=O)O)C(=O)O. The highest BCUT2D eigenvalue weighted by Gasteiger charge is 2.31. The molecule has 0 saturated carbocycles. The summed E-state index contributed by atoms with van der Waals surface area (Å²) in [6.45, 7) is -0.970. The van der Waals surface area contributed by atoms with Crippen molar-refractivity contribution in [1.29, 1.82) is 0 Å². The molecule has 32 heavy (non-hydrogen) atoms. The van der Waals surface area contributed by atoms with Crippen molar-refractivity contribution in [3.05, 3.63) is 0 Å². The minimum Gasteiger partial charge on any atom is -0.481 e. The first kappa shape index (κ1) is 28.2.